The first-order valence-electron chi connectivity index (χ1n) is 10.8. The summed E-state index contributed by atoms with van der Waals surface area (Å²) in [5.41, 5.74) is 1.52. The minimum atomic E-state index is -4.80. The Bertz CT molecular complexity index is 1080. The van der Waals surface area contributed by atoms with Crippen molar-refractivity contribution in [3.63, 3.8) is 0 Å². The van der Waals surface area contributed by atoms with Crippen LogP contribution in [-0.2, 0) is 0 Å². The zero-order chi connectivity index (χ0) is 24.7. The Morgan fingerprint density at radius 2 is 1.74 bits per heavy atom. The van der Waals surface area contributed by atoms with Crippen LogP contribution in [0.5, 0.6) is 11.5 Å². The second kappa shape index (κ2) is 11.1. The van der Waals surface area contributed by atoms with Gasteiger partial charge in [-0.3, -0.25) is 0 Å². The largest absolute Gasteiger partial charge is 0.573 e. The molecule has 7 nitrogen and oxygen atoms in total. The van der Waals surface area contributed by atoms with Crippen LogP contribution in [0, 0.1) is 5.92 Å². The highest BCUT2D eigenvalue weighted by atomic mass is 19.4. The van der Waals surface area contributed by atoms with Gasteiger partial charge < -0.3 is 25.2 Å². The number of ether oxygens (including phenoxy) is 2. The monoisotopic (exact) mass is 476 g/mol. The summed E-state index contributed by atoms with van der Waals surface area (Å²) in [5.74, 6) is 1.10. The van der Waals surface area contributed by atoms with Crippen molar-refractivity contribution in [2.24, 2.45) is 5.92 Å². The Balaban J connectivity index is 1.96. The molecule has 34 heavy (non-hydrogen) atoms. The third-order valence-corrected chi connectivity index (χ3v) is 4.84. The number of hydrogen-bond donors (Lipinski definition) is 3. The van der Waals surface area contributed by atoms with Crippen LogP contribution in [-0.4, -0.2) is 40.7 Å². The molecular weight excluding hydrogens is 449 g/mol. The molecule has 0 spiro atoms. The van der Waals surface area contributed by atoms with Gasteiger partial charge in [-0.25, -0.2) is 4.98 Å². The maximum Gasteiger partial charge on any atom is 0.573 e. The van der Waals surface area contributed by atoms with Crippen molar-refractivity contribution in [1.29, 1.82) is 0 Å². The van der Waals surface area contributed by atoms with Gasteiger partial charge >= 0.3 is 6.36 Å². The highest BCUT2D eigenvalue weighted by Crippen LogP contribution is 2.30. The van der Waals surface area contributed by atoms with Gasteiger partial charge in [0.1, 0.15) is 17.3 Å². The summed E-state index contributed by atoms with van der Waals surface area (Å²) in [6.07, 6.45) is -4.80. The lowest BCUT2D eigenvalue weighted by Crippen LogP contribution is -2.30. The number of rotatable bonds is 10. The summed E-state index contributed by atoms with van der Waals surface area (Å²) in [5, 5.41) is 16.0. The molecule has 10 heteroatoms. The number of benzene rings is 2. The number of aromatic nitrogens is 2. The number of nitrogens with zero attached hydrogens (tertiary/aromatic N) is 2. The number of anilines is 3. The number of alkyl halides is 3. The molecule has 1 atom stereocenters. The topological polar surface area (TPSA) is 88.5 Å². The second-order valence-corrected chi connectivity index (χ2v) is 7.80. The van der Waals surface area contributed by atoms with Crippen molar-refractivity contribution >= 4 is 17.5 Å². The first kappa shape index (κ1) is 25.1. The van der Waals surface area contributed by atoms with Crippen molar-refractivity contribution in [2.75, 3.05) is 23.8 Å². The zero-order valence-electron chi connectivity index (χ0n) is 19.1. The molecule has 2 aromatic carbocycles. The third-order valence-electron chi connectivity index (χ3n) is 4.84. The number of aliphatic hydroxyl groups is 1. The van der Waals surface area contributed by atoms with Gasteiger partial charge in [0.2, 0.25) is 5.95 Å². The maximum atomic E-state index is 12.7. The van der Waals surface area contributed by atoms with Gasteiger partial charge in [0.05, 0.1) is 24.9 Å². The van der Waals surface area contributed by atoms with Crippen LogP contribution in [0.4, 0.5) is 30.6 Å². The normalized spacial score (nSPS) is 12.4. The molecule has 0 aliphatic rings. The quantitative estimate of drug-likeness (QED) is 0.350. The molecule has 0 saturated heterocycles. The van der Waals surface area contributed by atoms with Crippen molar-refractivity contribution < 1.29 is 27.8 Å². The first-order chi connectivity index (χ1) is 16.2. The Labute approximate surface area is 196 Å². The highest BCUT2D eigenvalue weighted by molar-refractivity contribution is 5.68. The molecule has 0 saturated carbocycles. The predicted octanol–water partition coefficient (Wildman–Crippen LogP) is 5.61. The summed E-state index contributed by atoms with van der Waals surface area (Å²) < 4.78 is 47.5. The fraction of sp³-hybridized carbons (Fsp3) is 0.333. The van der Waals surface area contributed by atoms with Gasteiger partial charge in [-0.05, 0) is 49.2 Å². The molecule has 182 valence electrons. The number of halogens is 3. The lowest BCUT2D eigenvalue weighted by molar-refractivity contribution is -0.274. The van der Waals surface area contributed by atoms with Gasteiger partial charge in [-0.1, -0.05) is 26.0 Å². The van der Waals surface area contributed by atoms with Gasteiger partial charge in [-0.2, -0.15) is 4.98 Å². The molecule has 3 rings (SSSR count). The molecule has 3 aromatic rings. The Hall–Kier alpha value is -3.53. The van der Waals surface area contributed by atoms with E-state index in [1.807, 2.05) is 45.0 Å². The van der Waals surface area contributed by atoms with Crippen molar-refractivity contribution in [3.8, 4) is 22.8 Å². The van der Waals surface area contributed by atoms with Crippen molar-refractivity contribution in [3.05, 3.63) is 54.6 Å². The Kier molecular flexibility index (Phi) is 8.17. The number of nitrogens with one attached hydrogen (secondary N) is 2. The van der Waals surface area contributed by atoms with E-state index in [9.17, 15) is 18.3 Å². The van der Waals surface area contributed by atoms with E-state index in [1.54, 1.807) is 12.1 Å². The van der Waals surface area contributed by atoms with E-state index < -0.39 is 6.36 Å². The summed E-state index contributed by atoms with van der Waals surface area (Å²) >= 11 is 0. The first-order valence-corrected chi connectivity index (χ1v) is 10.8. The molecule has 1 heterocycles. The van der Waals surface area contributed by atoms with Gasteiger partial charge in [0, 0.05) is 17.3 Å². The van der Waals surface area contributed by atoms with E-state index in [2.05, 4.69) is 25.3 Å². The van der Waals surface area contributed by atoms with Gasteiger partial charge in [0.25, 0.3) is 0 Å². The van der Waals surface area contributed by atoms with Crippen LogP contribution in [0.2, 0.25) is 0 Å². The molecule has 0 amide bonds. The Morgan fingerprint density at radius 3 is 2.35 bits per heavy atom. The van der Waals surface area contributed by atoms with E-state index >= 15 is 0 Å². The van der Waals surface area contributed by atoms with Crippen molar-refractivity contribution in [2.45, 2.75) is 33.2 Å². The molecule has 1 aromatic heterocycles. The fourth-order valence-corrected chi connectivity index (χ4v) is 3.11. The molecule has 0 radical (unpaired) electrons. The Morgan fingerprint density at radius 1 is 1.00 bits per heavy atom. The molecule has 0 aliphatic heterocycles. The molecule has 0 fully saturated rings. The van der Waals surface area contributed by atoms with E-state index in [0.717, 1.165) is 11.4 Å². The van der Waals surface area contributed by atoms with Crippen LogP contribution < -0.4 is 20.1 Å². The van der Waals surface area contributed by atoms with E-state index in [0.29, 0.717) is 23.7 Å². The lowest BCUT2D eigenvalue weighted by Gasteiger charge is -2.21. The van der Waals surface area contributed by atoms with Crippen LogP contribution in [0.15, 0.2) is 54.6 Å². The second-order valence-electron chi connectivity index (χ2n) is 7.80. The maximum absolute atomic E-state index is 12.7. The number of aliphatic hydroxyl groups excluding tert-OH is 1. The average Bonchev–Trinajstić information content (AvgIpc) is 2.78. The fourth-order valence-electron chi connectivity index (χ4n) is 3.11. The molecule has 3 N–H and O–H groups in total. The molecule has 0 aliphatic carbocycles. The van der Waals surface area contributed by atoms with Crippen LogP contribution in [0.3, 0.4) is 0 Å². The van der Waals surface area contributed by atoms with Gasteiger partial charge in [-0.15, -0.1) is 13.2 Å². The van der Waals surface area contributed by atoms with Crippen molar-refractivity contribution in [1.82, 2.24) is 9.97 Å². The standard InChI is InChI=1S/C24H27F3N4O3/c1-4-33-18-10-8-17(9-11-18)28-22-13-20(29-23(31-22)30-21(14-32)15(2)3)16-6-5-7-19(12-16)34-24(25,26)27/h5-13,15,21,32H,4,14H2,1-3H3,(H2,28,29,30,31)/t21-/m0/s1. The highest BCUT2D eigenvalue weighted by Gasteiger charge is 2.31. The van der Waals surface area contributed by atoms with Crippen LogP contribution in [0.25, 0.3) is 11.3 Å². The minimum Gasteiger partial charge on any atom is -0.494 e. The molecular formula is C24H27F3N4O3. The van der Waals surface area contributed by atoms with Crippen LogP contribution >= 0.6 is 0 Å². The lowest BCUT2D eigenvalue weighted by atomic mass is 10.1. The number of hydrogen-bond acceptors (Lipinski definition) is 7. The predicted molar refractivity (Wildman–Crippen MR) is 124 cm³/mol. The SMILES string of the molecule is CCOc1ccc(Nc2cc(-c3cccc(OC(F)(F)F)c3)nc(N[C@@H](CO)C(C)C)n2)cc1. The summed E-state index contributed by atoms with van der Waals surface area (Å²) in [4.78, 5) is 8.94. The van der Waals surface area contributed by atoms with E-state index in [-0.39, 0.29) is 30.3 Å². The van der Waals surface area contributed by atoms with Gasteiger partial charge in [0.15, 0.2) is 0 Å². The smallest absolute Gasteiger partial charge is 0.494 e. The third kappa shape index (κ3) is 7.24. The molecule has 0 bridgehead atoms. The summed E-state index contributed by atoms with van der Waals surface area (Å²) in [6, 6.07) is 14.1. The molecule has 0 unspecified atom stereocenters. The minimum absolute atomic E-state index is 0.0864. The zero-order valence-corrected chi connectivity index (χ0v) is 19.1. The summed E-state index contributed by atoms with van der Waals surface area (Å²) in [7, 11) is 0. The summed E-state index contributed by atoms with van der Waals surface area (Å²) in [6.45, 7) is 6.19. The van der Waals surface area contributed by atoms with Crippen LogP contribution in [0.1, 0.15) is 20.8 Å². The van der Waals surface area contributed by atoms with E-state index in [1.165, 1.54) is 18.2 Å². The van der Waals surface area contributed by atoms with E-state index in [4.69, 9.17) is 4.74 Å². The average molecular weight is 476 g/mol.